The van der Waals surface area contributed by atoms with Crippen molar-refractivity contribution in [3.8, 4) is 17.0 Å². The Kier molecular flexibility index (Phi) is 8.08. The number of benzene rings is 1. The highest BCUT2D eigenvalue weighted by Gasteiger charge is 2.47. The predicted octanol–water partition coefficient (Wildman–Crippen LogP) is 4.03. The number of likely N-dealkylation sites (N-methyl/N-ethyl adjacent to an activating group) is 1. The molecule has 2 atom stereocenters. The van der Waals surface area contributed by atoms with Crippen molar-refractivity contribution in [2.75, 3.05) is 70.9 Å². The fraction of sp³-hybridized carbons (Fsp3) is 0.516. The monoisotopic (exact) mass is 630 g/mol. The molecule has 5 heterocycles. The Morgan fingerprint density at radius 2 is 1.84 bits per heavy atom. The summed E-state index contributed by atoms with van der Waals surface area (Å²) in [7, 11) is 2.14. The first-order chi connectivity index (χ1) is 20.5. The van der Waals surface area contributed by atoms with Crippen LogP contribution in [0.4, 0.5) is 10.2 Å². The second-order valence-corrected chi connectivity index (χ2v) is 13.3. The number of nitrogens with zero attached hydrogens (tertiary/aromatic N) is 6. The zero-order valence-corrected chi connectivity index (χ0v) is 26.3. The molecule has 9 nitrogen and oxygen atoms in total. The van der Waals surface area contributed by atoms with Crippen LogP contribution in [0.3, 0.4) is 0 Å². The van der Waals surface area contributed by atoms with Gasteiger partial charge in [-0.15, -0.1) is 0 Å². The highest BCUT2D eigenvalue weighted by molar-refractivity contribution is 6.37. The second kappa shape index (κ2) is 11.5. The number of anilines is 1. The van der Waals surface area contributed by atoms with Crippen LogP contribution >= 0.6 is 23.2 Å². The van der Waals surface area contributed by atoms with E-state index in [0.717, 1.165) is 32.6 Å². The summed E-state index contributed by atoms with van der Waals surface area (Å²) < 4.78 is 21.7. The topological polar surface area (TPSA) is 72.5 Å². The minimum absolute atomic E-state index is 0.0330. The van der Waals surface area contributed by atoms with E-state index < -0.39 is 11.9 Å². The molecule has 0 bridgehead atoms. The van der Waals surface area contributed by atoms with Crippen molar-refractivity contribution in [2.24, 2.45) is 0 Å². The molecule has 4 aliphatic heterocycles. The predicted molar refractivity (Wildman–Crippen MR) is 166 cm³/mol. The maximum atomic E-state index is 15.3. The Morgan fingerprint density at radius 1 is 1.09 bits per heavy atom. The summed E-state index contributed by atoms with van der Waals surface area (Å²) in [6.07, 6.45) is 2.14. The lowest BCUT2D eigenvalue weighted by Crippen LogP contribution is -2.57. The number of carbonyl (C=O) groups excluding carboxylic acids is 2. The van der Waals surface area contributed by atoms with E-state index in [4.69, 9.17) is 32.9 Å². The number of pyridine rings is 1. The molecule has 3 fully saturated rings. The average Bonchev–Trinajstić information content (AvgIpc) is 3.22. The molecule has 2 aromatic rings. The van der Waals surface area contributed by atoms with Crippen molar-refractivity contribution < 1.29 is 18.7 Å². The lowest BCUT2D eigenvalue weighted by Gasteiger charge is -2.40. The summed E-state index contributed by atoms with van der Waals surface area (Å²) >= 11 is 13.5. The summed E-state index contributed by atoms with van der Waals surface area (Å²) in [5.74, 6) is -0.455. The van der Waals surface area contributed by atoms with Gasteiger partial charge in [0.2, 0.25) is 5.91 Å². The first kappa shape index (κ1) is 30.1. The minimum Gasteiger partial charge on any atom is -0.489 e. The molecule has 3 saturated heterocycles. The van der Waals surface area contributed by atoms with Gasteiger partial charge in [0, 0.05) is 63.9 Å². The van der Waals surface area contributed by atoms with Gasteiger partial charge in [-0.3, -0.25) is 14.5 Å². The van der Waals surface area contributed by atoms with E-state index >= 15 is 4.39 Å². The maximum Gasteiger partial charge on any atom is 0.261 e. The first-order valence-electron chi connectivity index (χ1n) is 14.7. The van der Waals surface area contributed by atoms with Gasteiger partial charge < -0.3 is 24.3 Å². The van der Waals surface area contributed by atoms with E-state index in [1.807, 2.05) is 0 Å². The molecule has 1 aromatic heterocycles. The van der Waals surface area contributed by atoms with Gasteiger partial charge in [0.15, 0.2) is 5.75 Å². The standard InChI is InChI=1S/C31H37Cl2FN6O3/c1-5-23(41)38-13-14-39-20(16-38)18-43-28-25(30(39)42)29(35-27(26(28)33)24-21(32)7-6-8-22(24)34)40-17-19(15-31(40,2)3)37-11-9-36(4)10-12-37/h5-8,19-20H,1,9-18H2,2-4H3/t19-,20+/m0/s1. The zero-order chi connectivity index (χ0) is 30.6. The van der Waals surface area contributed by atoms with Crippen LogP contribution in [0, 0.1) is 5.82 Å². The number of hydrogen-bond donors (Lipinski definition) is 0. The van der Waals surface area contributed by atoms with E-state index in [0.29, 0.717) is 32.0 Å². The van der Waals surface area contributed by atoms with Gasteiger partial charge in [-0.2, -0.15) is 0 Å². The number of halogens is 3. The van der Waals surface area contributed by atoms with Gasteiger partial charge in [-0.1, -0.05) is 35.8 Å². The van der Waals surface area contributed by atoms with E-state index in [1.54, 1.807) is 15.9 Å². The van der Waals surface area contributed by atoms with E-state index in [2.05, 4.69) is 42.2 Å². The van der Waals surface area contributed by atoms with Gasteiger partial charge in [0.25, 0.3) is 5.91 Å². The highest BCUT2D eigenvalue weighted by atomic mass is 35.5. The van der Waals surface area contributed by atoms with Gasteiger partial charge in [0.1, 0.15) is 28.8 Å². The summed E-state index contributed by atoms with van der Waals surface area (Å²) in [5.41, 5.74) is 0.0828. The first-order valence-corrected chi connectivity index (χ1v) is 15.5. The van der Waals surface area contributed by atoms with Crippen molar-refractivity contribution in [1.29, 1.82) is 0 Å². The Hall–Kier alpha value is -2.92. The van der Waals surface area contributed by atoms with Crippen LogP contribution in [-0.2, 0) is 4.79 Å². The van der Waals surface area contributed by atoms with Crippen molar-refractivity contribution in [2.45, 2.75) is 37.9 Å². The fourth-order valence-electron chi connectivity index (χ4n) is 6.87. The van der Waals surface area contributed by atoms with Crippen LogP contribution in [-0.4, -0.2) is 120 Å². The van der Waals surface area contributed by atoms with Crippen molar-refractivity contribution in [3.63, 3.8) is 0 Å². The van der Waals surface area contributed by atoms with E-state index in [9.17, 15) is 9.59 Å². The molecule has 6 rings (SSSR count). The number of amides is 2. The number of ether oxygens (including phenoxy) is 1. The van der Waals surface area contributed by atoms with Crippen LogP contribution in [0.5, 0.6) is 5.75 Å². The number of aromatic nitrogens is 1. The normalized spacial score (nSPS) is 24.3. The molecular weight excluding hydrogens is 594 g/mol. The Balaban J connectivity index is 1.47. The van der Waals surface area contributed by atoms with Crippen molar-refractivity contribution >= 4 is 40.8 Å². The number of piperazine rings is 2. The average molecular weight is 632 g/mol. The smallest absolute Gasteiger partial charge is 0.261 e. The second-order valence-electron chi connectivity index (χ2n) is 12.5. The van der Waals surface area contributed by atoms with Gasteiger partial charge in [0.05, 0.1) is 22.3 Å². The molecule has 0 N–H and O–H groups in total. The van der Waals surface area contributed by atoms with Crippen LogP contribution < -0.4 is 9.64 Å². The molecule has 4 aliphatic rings. The minimum atomic E-state index is -0.570. The van der Waals surface area contributed by atoms with Crippen LogP contribution in [0.2, 0.25) is 10.0 Å². The number of rotatable bonds is 4. The molecule has 0 saturated carbocycles. The summed E-state index contributed by atoms with van der Waals surface area (Å²) in [6, 6.07) is 4.28. The summed E-state index contributed by atoms with van der Waals surface area (Å²) in [6.45, 7) is 13.6. The number of fused-ring (bicyclic) bond motifs is 2. The summed E-state index contributed by atoms with van der Waals surface area (Å²) in [5, 5.41) is 0.192. The van der Waals surface area contributed by atoms with Gasteiger partial charge in [-0.05, 0) is 45.5 Å². The third-order valence-electron chi connectivity index (χ3n) is 9.31. The third kappa shape index (κ3) is 5.36. The Labute approximate surface area is 261 Å². The molecule has 12 heteroatoms. The molecule has 1 aromatic carbocycles. The van der Waals surface area contributed by atoms with Crippen LogP contribution in [0.25, 0.3) is 11.3 Å². The van der Waals surface area contributed by atoms with E-state index in [1.165, 1.54) is 18.2 Å². The lowest BCUT2D eigenvalue weighted by molar-refractivity contribution is -0.128. The summed E-state index contributed by atoms with van der Waals surface area (Å²) in [4.78, 5) is 42.2. The molecule has 43 heavy (non-hydrogen) atoms. The van der Waals surface area contributed by atoms with Crippen LogP contribution in [0.15, 0.2) is 30.9 Å². The molecule has 230 valence electrons. The van der Waals surface area contributed by atoms with Gasteiger partial charge in [-0.25, -0.2) is 9.37 Å². The molecule has 0 radical (unpaired) electrons. The van der Waals surface area contributed by atoms with Crippen molar-refractivity contribution in [3.05, 3.63) is 52.3 Å². The molecule has 0 spiro atoms. The maximum absolute atomic E-state index is 15.3. The highest BCUT2D eigenvalue weighted by Crippen LogP contribution is 2.48. The molecule has 0 unspecified atom stereocenters. The quantitative estimate of drug-likeness (QED) is 0.472. The molecule has 0 aliphatic carbocycles. The zero-order valence-electron chi connectivity index (χ0n) is 24.8. The van der Waals surface area contributed by atoms with Crippen LogP contribution in [0.1, 0.15) is 30.6 Å². The Morgan fingerprint density at radius 3 is 2.53 bits per heavy atom. The number of carbonyl (C=O) groups is 2. The largest absolute Gasteiger partial charge is 0.489 e. The third-order valence-corrected chi connectivity index (χ3v) is 9.97. The Bertz CT molecular complexity index is 1440. The molecule has 2 amide bonds. The lowest BCUT2D eigenvalue weighted by atomic mass is 9.98. The molecular formula is C31H37Cl2FN6O3. The fourth-order valence-corrected chi connectivity index (χ4v) is 7.41. The van der Waals surface area contributed by atoms with Gasteiger partial charge >= 0.3 is 0 Å². The SMILES string of the molecule is C=CC(=O)N1CCN2C(=O)c3c(N4C[C@@H](N5CCN(C)CC5)CC4(C)C)nc(-c4c(F)cccc4Cl)c(Cl)c3OC[C@H]2C1. The van der Waals surface area contributed by atoms with E-state index in [-0.39, 0.29) is 62.6 Å². The number of hydrogen-bond acceptors (Lipinski definition) is 7. The van der Waals surface area contributed by atoms with Crippen molar-refractivity contribution in [1.82, 2.24) is 24.6 Å².